The van der Waals surface area contributed by atoms with E-state index in [9.17, 15) is 0 Å². The predicted octanol–water partition coefficient (Wildman–Crippen LogP) is 3.51. The lowest BCUT2D eigenvalue weighted by Gasteiger charge is -2.17. The maximum Gasteiger partial charge on any atom is 0.262 e. The fraction of sp³-hybridized carbons (Fsp3) is 0.733. The molecule has 5 nitrogen and oxygen atoms in total. The number of anilines is 1. The van der Waals surface area contributed by atoms with Crippen LogP contribution in [0.4, 0.5) is 5.82 Å². The van der Waals surface area contributed by atoms with Crippen molar-refractivity contribution in [3.8, 4) is 11.6 Å². The van der Waals surface area contributed by atoms with E-state index < -0.39 is 0 Å². The summed E-state index contributed by atoms with van der Waals surface area (Å²) in [6.45, 7) is 7.88. The second-order valence-corrected chi connectivity index (χ2v) is 4.82. The topological polar surface area (TPSA) is 56.3 Å². The van der Waals surface area contributed by atoms with Gasteiger partial charge in [0, 0.05) is 6.54 Å². The quantitative estimate of drug-likeness (QED) is 0.711. The number of ether oxygens (including phenoxy) is 2. The minimum absolute atomic E-state index is 0.522. The van der Waals surface area contributed by atoms with Crippen LogP contribution in [0.2, 0.25) is 0 Å². The molecule has 0 aliphatic carbocycles. The number of hydrogen-bond donors (Lipinski definition) is 1. The maximum absolute atomic E-state index is 5.85. The van der Waals surface area contributed by atoms with Crippen LogP contribution in [0, 0.1) is 5.92 Å². The molecule has 0 fully saturated rings. The van der Waals surface area contributed by atoms with Crippen molar-refractivity contribution >= 4 is 5.82 Å². The van der Waals surface area contributed by atoms with Gasteiger partial charge in [-0.1, -0.05) is 33.1 Å². The van der Waals surface area contributed by atoms with Crippen LogP contribution in [-0.2, 0) is 0 Å². The van der Waals surface area contributed by atoms with Crippen LogP contribution >= 0.6 is 0 Å². The van der Waals surface area contributed by atoms with E-state index in [1.807, 2.05) is 6.92 Å². The smallest absolute Gasteiger partial charge is 0.262 e. The summed E-state index contributed by atoms with van der Waals surface area (Å²) < 4.78 is 11.2. The Kier molecular flexibility index (Phi) is 7.77. The molecule has 0 radical (unpaired) electrons. The van der Waals surface area contributed by atoms with Crippen LogP contribution in [0.1, 0.15) is 46.5 Å². The predicted molar refractivity (Wildman–Crippen MR) is 81.5 cm³/mol. The van der Waals surface area contributed by atoms with E-state index in [-0.39, 0.29) is 0 Å². The van der Waals surface area contributed by atoms with Crippen LogP contribution in [0.5, 0.6) is 11.6 Å². The molecule has 1 atom stereocenters. The fourth-order valence-electron chi connectivity index (χ4n) is 2.03. The number of hydrogen-bond acceptors (Lipinski definition) is 5. The Morgan fingerprint density at radius 3 is 2.65 bits per heavy atom. The molecule has 1 N–H and O–H groups in total. The molecule has 0 bridgehead atoms. The molecule has 0 aliphatic heterocycles. The first-order chi connectivity index (χ1) is 9.76. The zero-order chi connectivity index (χ0) is 14.8. The standard InChI is InChI=1S/C15H27N3O2/c1-5-8-9-12(6-2)10-20-15-13(19-4)14(16-7-3)17-11-18-15/h11-12H,5-10H2,1-4H3,(H,16,17,18). The van der Waals surface area contributed by atoms with Gasteiger partial charge in [-0.2, -0.15) is 4.98 Å². The van der Waals surface area contributed by atoms with Gasteiger partial charge in [0.25, 0.3) is 5.88 Å². The lowest BCUT2D eigenvalue weighted by molar-refractivity contribution is 0.216. The second-order valence-electron chi connectivity index (χ2n) is 4.82. The summed E-state index contributed by atoms with van der Waals surface area (Å²) in [6.07, 6.45) is 6.28. The van der Waals surface area contributed by atoms with Crippen LogP contribution in [0.25, 0.3) is 0 Å². The minimum Gasteiger partial charge on any atom is -0.489 e. The maximum atomic E-state index is 5.85. The molecule has 20 heavy (non-hydrogen) atoms. The van der Waals surface area contributed by atoms with E-state index in [4.69, 9.17) is 9.47 Å². The van der Waals surface area contributed by atoms with E-state index in [0.29, 0.717) is 30.0 Å². The zero-order valence-corrected chi connectivity index (χ0v) is 13.1. The number of nitrogens with one attached hydrogen (secondary N) is 1. The zero-order valence-electron chi connectivity index (χ0n) is 13.1. The van der Waals surface area contributed by atoms with Gasteiger partial charge >= 0.3 is 0 Å². The van der Waals surface area contributed by atoms with Gasteiger partial charge in [-0.15, -0.1) is 0 Å². The highest BCUT2D eigenvalue weighted by atomic mass is 16.5. The van der Waals surface area contributed by atoms with Crippen LogP contribution in [0.3, 0.4) is 0 Å². The average molecular weight is 281 g/mol. The first-order valence-electron chi connectivity index (χ1n) is 7.52. The number of nitrogens with zero attached hydrogens (tertiary/aromatic N) is 2. The molecule has 1 heterocycles. The second kappa shape index (κ2) is 9.39. The van der Waals surface area contributed by atoms with E-state index in [0.717, 1.165) is 13.0 Å². The first-order valence-corrected chi connectivity index (χ1v) is 7.52. The number of aromatic nitrogens is 2. The summed E-state index contributed by atoms with van der Waals surface area (Å²) in [7, 11) is 1.61. The molecule has 0 amide bonds. The fourth-order valence-corrected chi connectivity index (χ4v) is 2.03. The van der Waals surface area contributed by atoms with Crippen molar-refractivity contribution in [2.45, 2.75) is 46.5 Å². The summed E-state index contributed by atoms with van der Waals surface area (Å²) in [5.41, 5.74) is 0. The van der Waals surface area contributed by atoms with Gasteiger partial charge in [-0.05, 0) is 19.3 Å². The van der Waals surface area contributed by atoms with Crippen molar-refractivity contribution in [2.24, 2.45) is 5.92 Å². The summed E-state index contributed by atoms with van der Waals surface area (Å²) in [5.74, 6) is 2.35. The highest BCUT2D eigenvalue weighted by molar-refractivity contribution is 5.54. The molecule has 1 aromatic heterocycles. The first kappa shape index (κ1) is 16.5. The molecule has 1 aromatic rings. The van der Waals surface area contributed by atoms with Gasteiger partial charge in [0.15, 0.2) is 5.82 Å². The molecule has 0 saturated heterocycles. The van der Waals surface area contributed by atoms with Crippen LogP contribution < -0.4 is 14.8 Å². The highest BCUT2D eigenvalue weighted by Gasteiger charge is 2.15. The van der Waals surface area contributed by atoms with Crippen molar-refractivity contribution in [3.05, 3.63) is 6.33 Å². The number of methoxy groups -OCH3 is 1. The van der Waals surface area contributed by atoms with Gasteiger partial charge < -0.3 is 14.8 Å². The molecule has 0 aromatic carbocycles. The SMILES string of the molecule is CCCCC(CC)COc1ncnc(NCC)c1OC. The Morgan fingerprint density at radius 1 is 1.25 bits per heavy atom. The minimum atomic E-state index is 0.522. The summed E-state index contributed by atoms with van der Waals surface area (Å²) in [5, 5.41) is 3.15. The van der Waals surface area contributed by atoms with Crippen LogP contribution in [-0.4, -0.2) is 30.2 Å². The molecule has 1 rings (SSSR count). The molecule has 0 saturated carbocycles. The van der Waals surface area contributed by atoms with Gasteiger partial charge in [-0.25, -0.2) is 4.98 Å². The third kappa shape index (κ3) is 4.87. The van der Waals surface area contributed by atoms with Crippen molar-refractivity contribution in [1.82, 2.24) is 9.97 Å². The van der Waals surface area contributed by atoms with E-state index in [2.05, 4.69) is 29.1 Å². The van der Waals surface area contributed by atoms with Gasteiger partial charge in [0.1, 0.15) is 6.33 Å². The van der Waals surface area contributed by atoms with E-state index in [1.54, 1.807) is 7.11 Å². The summed E-state index contributed by atoms with van der Waals surface area (Å²) >= 11 is 0. The van der Waals surface area contributed by atoms with Crippen molar-refractivity contribution in [3.63, 3.8) is 0 Å². The van der Waals surface area contributed by atoms with E-state index >= 15 is 0 Å². The Morgan fingerprint density at radius 2 is 2.05 bits per heavy atom. The Hall–Kier alpha value is -1.52. The summed E-state index contributed by atoms with van der Waals surface area (Å²) in [6, 6.07) is 0. The van der Waals surface area contributed by atoms with Crippen LogP contribution in [0.15, 0.2) is 6.33 Å². The Labute approximate surface area is 122 Å². The van der Waals surface area contributed by atoms with Crippen molar-refractivity contribution < 1.29 is 9.47 Å². The normalized spacial score (nSPS) is 12.0. The lowest BCUT2D eigenvalue weighted by atomic mass is 10.0. The van der Waals surface area contributed by atoms with Crippen molar-refractivity contribution in [1.29, 1.82) is 0 Å². The monoisotopic (exact) mass is 281 g/mol. The molecular formula is C15H27N3O2. The highest BCUT2D eigenvalue weighted by Crippen LogP contribution is 2.31. The molecule has 114 valence electrons. The van der Waals surface area contributed by atoms with Crippen molar-refractivity contribution in [2.75, 3.05) is 25.6 Å². The average Bonchev–Trinajstić information content (AvgIpc) is 2.48. The van der Waals surface area contributed by atoms with Gasteiger partial charge in [-0.3, -0.25) is 0 Å². The Bertz CT molecular complexity index is 385. The number of rotatable bonds is 10. The van der Waals surface area contributed by atoms with E-state index in [1.165, 1.54) is 25.6 Å². The largest absolute Gasteiger partial charge is 0.489 e. The third-order valence-electron chi connectivity index (χ3n) is 3.32. The van der Waals surface area contributed by atoms with Gasteiger partial charge in [0.05, 0.1) is 13.7 Å². The lowest BCUT2D eigenvalue weighted by Crippen LogP contribution is -2.13. The molecule has 0 aliphatic rings. The van der Waals surface area contributed by atoms with Gasteiger partial charge in [0.2, 0.25) is 5.75 Å². The molecule has 0 spiro atoms. The molecule has 5 heteroatoms. The molecule has 1 unspecified atom stereocenters. The number of unbranched alkanes of at least 4 members (excludes halogenated alkanes) is 1. The Balaban J connectivity index is 2.68. The third-order valence-corrected chi connectivity index (χ3v) is 3.32. The molecular weight excluding hydrogens is 254 g/mol. The summed E-state index contributed by atoms with van der Waals surface area (Å²) in [4.78, 5) is 8.35.